The summed E-state index contributed by atoms with van der Waals surface area (Å²) in [4.78, 5) is 8.14. The van der Waals surface area contributed by atoms with Crippen molar-refractivity contribution in [1.82, 2.24) is 15.0 Å². The van der Waals surface area contributed by atoms with E-state index in [-0.39, 0.29) is 0 Å². The Kier molecular flexibility index (Phi) is 2.68. The number of rotatable bonds is 2. The maximum Gasteiger partial charge on any atom is 0.237 e. The lowest BCUT2D eigenvalue weighted by atomic mass is 10.5. The molecule has 1 aromatic heterocycles. The van der Waals surface area contributed by atoms with Crippen molar-refractivity contribution in [3.05, 3.63) is 18.5 Å². The minimum Gasteiger partial charge on any atom is -0.379 e. The van der Waals surface area contributed by atoms with Crippen LogP contribution in [-0.4, -0.2) is 41.3 Å². The summed E-state index contributed by atoms with van der Waals surface area (Å²) in [5.41, 5.74) is 3.11. The van der Waals surface area contributed by atoms with Crippen LogP contribution in [0.5, 0.6) is 0 Å². The summed E-state index contributed by atoms with van der Waals surface area (Å²) in [6.45, 7) is 3.27. The Balaban J connectivity index is 1.90. The van der Waals surface area contributed by atoms with Gasteiger partial charge in [0, 0.05) is 25.5 Å². The largest absolute Gasteiger partial charge is 0.379 e. The number of hydrogen-bond acceptors (Lipinski definition) is 5. The minimum atomic E-state index is 0.643. The van der Waals surface area contributed by atoms with Crippen LogP contribution in [0.25, 0.3) is 0 Å². The third-order valence-corrected chi connectivity index (χ3v) is 1.83. The Bertz CT molecular complexity index is 248. The van der Waals surface area contributed by atoms with Gasteiger partial charge in [-0.2, -0.15) is 0 Å². The van der Waals surface area contributed by atoms with Gasteiger partial charge in [-0.15, -0.1) is 0 Å². The molecule has 0 spiro atoms. The van der Waals surface area contributed by atoms with Crippen molar-refractivity contribution in [2.24, 2.45) is 0 Å². The van der Waals surface area contributed by atoms with E-state index < -0.39 is 0 Å². The Labute approximate surface area is 76.7 Å². The van der Waals surface area contributed by atoms with E-state index in [1.165, 1.54) is 0 Å². The smallest absolute Gasteiger partial charge is 0.237 e. The summed E-state index contributed by atoms with van der Waals surface area (Å²) in [6.07, 6.45) is 3.44. The standard InChI is InChI=1S/C8H12N4O/c1-2-9-8(10-3-1)11-12-4-6-13-7-5-12/h1-3H,4-7H2,(H,9,10,11). The molecular formula is C8H12N4O. The van der Waals surface area contributed by atoms with Crippen molar-refractivity contribution in [3.63, 3.8) is 0 Å². The quantitative estimate of drug-likeness (QED) is 0.701. The number of morpholine rings is 1. The molecule has 1 aliphatic heterocycles. The SMILES string of the molecule is c1cnc(NN2CCOCC2)nc1. The molecular weight excluding hydrogens is 168 g/mol. The first-order valence-corrected chi connectivity index (χ1v) is 4.31. The van der Waals surface area contributed by atoms with Crippen LogP contribution in [0.4, 0.5) is 5.95 Å². The van der Waals surface area contributed by atoms with E-state index in [9.17, 15) is 0 Å². The highest BCUT2D eigenvalue weighted by atomic mass is 16.5. The van der Waals surface area contributed by atoms with Crippen LogP contribution in [0.2, 0.25) is 0 Å². The molecule has 0 amide bonds. The molecule has 1 saturated heterocycles. The van der Waals surface area contributed by atoms with Crippen molar-refractivity contribution in [2.45, 2.75) is 0 Å². The maximum atomic E-state index is 5.21. The highest BCUT2D eigenvalue weighted by Crippen LogP contribution is 2.00. The molecule has 70 valence electrons. The molecule has 0 aliphatic carbocycles. The molecule has 0 bridgehead atoms. The zero-order chi connectivity index (χ0) is 8.93. The fourth-order valence-corrected chi connectivity index (χ4v) is 1.17. The highest BCUT2D eigenvalue weighted by molar-refractivity contribution is 5.20. The molecule has 0 radical (unpaired) electrons. The molecule has 5 heteroatoms. The van der Waals surface area contributed by atoms with Crippen LogP contribution in [0.1, 0.15) is 0 Å². The van der Waals surface area contributed by atoms with Gasteiger partial charge < -0.3 is 4.74 Å². The predicted molar refractivity (Wildman–Crippen MR) is 48.0 cm³/mol. The van der Waals surface area contributed by atoms with E-state index in [4.69, 9.17) is 4.74 Å². The zero-order valence-electron chi connectivity index (χ0n) is 7.31. The molecule has 1 fully saturated rings. The lowest BCUT2D eigenvalue weighted by Crippen LogP contribution is -2.40. The monoisotopic (exact) mass is 180 g/mol. The summed E-state index contributed by atoms with van der Waals surface area (Å²) in [7, 11) is 0. The van der Waals surface area contributed by atoms with Gasteiger partial charge in [-0.1, -0.05) is 0 Å². The number of nitrogens with zero attached hydrogens (tertiary/aromatic N) is 3. The number of anilines is 1. The summed E-state index contributed by atoms with van der Waals surface area (Å²) >= 11 is 0. The van der Waals surface area contributed by atoms with Crippen LogP contribution < -0.4 is 5.43 Å². The number of ether oxygens (including phenoxy) is 1. The van der Waals surface area contributed by atoms with Crippen molar-refractivity contribution in [1.29, 1.82) is 0 Å². The van der Waals surface area contributed by atoms with Crippen molar-refractivity contribution >= 4 is 5.95 Å². The second-order valence-electron chi connectivity index (χ2n) is 2.78. The van der Waals surface area contributed by atoms with E-state index in [0.717, 1.165) is 26.3 Å². The molecule has 13 heavy (non-hydrogen) atoms. The van der Waals surface area contributed by atoms with Crippen LogP contribution in [0.3, 0.4) is 0 Å². The summed E-state index contributed by atoms with van der Waals surface area (Å²) in [5, 5.41) is 2.05. The molecule has 1 N–H and O–H groups in total. The molecule has 0 unspecified atom stereocenters. The number of hydrazine groups is 1. The average Bonchev–Trinajstić information content (AvgIpc) is 2.21. The van der Waals surface area contributed by atoms with Crippen LogP contribution in [-0.2, 0) is 4.74 Å². The average molecular weight is 180 g/mol. The van der Waals surface area contributed by atoms with Gasteiger partial charge in [-0.05, 0) is 6.07 Å². The van der Waals surface area contributed by atoms with Crippen molar-refractivity contribution < 1.29 is 4.74 Å². The summed E-state index contributed by atoms with van der Waals surface area (Å²) in [5.74, 6) is 0.643. The molecule has 1 aliphatic rings. The van der Waals surface area contributed by atoms with Crippen molar-refractivity contribution in [2.75, 3.05) is 31.7 Å². The molecule has 0 saturated carbocycles. The first-order chi connectivity index (χ1) is 6.45. The Morgan fingerprint density at radius 1 is 1.23 bits per heavy atom. The molecule has 5 nitrogen and oxygen atoms in total. The van der Waals surface area contributed by atoms with Gasteiger partial charge in [-0.25, -0.2) is 15.0 Å². The number of hydrogen-bond donors (Lipinski definition) is 1. The first-order valence-electron chi connectivity index (χ1n) is 4.31. The van der Waals surface area contributed by atoms with E-state index in [0.29, 0.717) is 5.95 Å². The Morgan fingerprint density at radius 2 is 1.92 bits per heavy atom. The molecule has 1 aromatic rings. The van der Waals surface area contributed by atoms with Crippen LogP contribution in [0, 0.1) is 0 Å². The highest BCUT2D eigenvalue weighted by Gasteiger charge is 2.10. The van der Waals surface area contributed by atoms with E-state index in [1.807, 2.05) is 0 Å². The van der Waals surface area contributed by atoms with Gasteiger partial charge >= 0.3 is 0 Å². The topological polar surface area (TPSA) is 50.3 Å². The van der Waals surface area contributed by atoms with Gasteiger partial charge in [-0.3, -0.25) is 5.43 Å². The number of nitrogens with one attached hydrogen (secondary N) is 1. The van der Waals surface area contributed by atoms with Gasteiger partial charge in [0.2, 0.25) is 5.95 Å². The Morgan fingerprint density at radius 3 is 2.62 bits per heavy atom. The first kappa shape index (κ1) is 8.40. The number of aromatic nitrogens is 2. The van der Waals surface area contributed by atoms with E-state index in [2.05, 4.69) is 20.4 Å². The fraction of sp³-hybridized carbons (Fsp3) is 0.500. The van der Waals surface area contributed by atoms with Gasteiger partial charge in [0.15, 0.2) is 0 Å². The van der Waals surface area contributed by atoms with E-state index in [1.54, 1.807) is 18.5 Å². The lowest BCUT2D eigenvalue weighted by molar-refractivity contribution is 0.0492. The van der Waals surface area contributed by atoms with Crippen molar-refractivity contribution in [3.8, 4) is 0 Å². The van der Waals surface area contributed by atoms with Gasteiger partial charge in [0.05, 0.1) is 13.2 Å². The lowest BCUT2D eigenvalue weighted by Gasteiger charge is -2.26. The molecule has 2 heterocycles. The van der Waals surface area contributed by atoms with Gasteiger partial charge in [0.25, 0.3) is 0 Å². The zero-order valence-corrected chi connectivity index (χ0v) is 7.31. The van der Waals surface area contributed by atoms with Crippen LogP contribution in [0.15, 0.2) is 18.5 Å². The third kappa shape index (κ3) is 2.37. The Hall–Kier alpha value is -1.20. The molecule has 2 rings (SSSR count). The summed E-state index contributed by atoms with van der Waals surface area (Å²) in [6, 6.07) is 1.80. The normalized spacial score (nSPS) is 18.5. The van der Waals surface area contributed by atoms with Crippen LogP contribution >= 0.6 is 0 Å². The maximum absolute atomic E-state index is 5.21. The molecule has 0 atom stereocenters. The summed E-state index contributed by atoms with van der Waals surface area (Å²) < 4.78 is 5.21. The second-order valence-corrected chi connectivity index (χ2v) is 2.78. The molecule has 0 aromatic carbocycles. The fourth-order valence-electron chi connectivity index (χ4n) is 1.17. The second kappa shape index (κ2) is 4.15. The van der Waals surface area contributed by atoms with E-state index >= 15 is 0 Å². The van der Waals surface area contributed by atoms with Gasteiger partial charge in [0.1, 0.15) is 0 Å². The third-order valence-electron chi connectivity index (χ3n) is 1.83. The minimum absolute atomic E-state index is 0.643. The predicted octanol–water partition coefficient (Wildman–Crippen LogP) is 0.136.